The van der Waals surface area contributed by atoms with Crippen molar-refractivity contribution in [3.05, 3.63) is 59.7 Å². The molecule has 0 radical (unpaired) electrons. The Hall–Kier alpha value is -3.35. The predicted octanol–water partition coefficient (Wildman–Crippen LogP) is 3.48. The number of likely N-dealkylation sites (N-methyl/N-ethyl adjacent to an activating group) is 1. The lowest BCUT2D eigenvalue weighted by molar-refractivity contribution is -0.138. The van der Waals surface area contributed by atoms with Crippen molar-refractivity contribution in [3.63, 3.8) is 0 Å². The lowest BCUT2D eigenvalue weighted by Gasteiger charge is -2.26. The molecule has 0 saturated carbocycles. The second-order valence-electron chi connectivity index (χ2n) is 8.10. The van der Waals surface area contributed by atoms with Gasteiger partial charge in [-0.1, -0.05) is 62.4 Å². The average molecular weight is 424 g/mol. The van der Waals surface area contributed by atoms with Crippen LogP contribution >= 0.6 is 0 Å². The molecule has 1 aliphatic carbocycles. The number of aliphatic carboxylic acids is 1. The number of nitrogens with one attached hydrogen (secondary N) is 1. The third-order valence-corrected chi connectivity index (χ3v) is 5.59. The van der Waals surface area contributed by atoms with Gasteiger partial charge < -0.3 is 20.1 Å². The van der Waals surface area contributed by atoms with Crippen LogP contribution in [0.2, 0.25) is 0 Å². The van der Waals surface area contributed by atoms with E-state index in [9.17, 15) is 14.4 Å². The number of alkyl carbamates (subject to hydrolysis) is 1. The van der Waals surface area contributed by atoms with Gasteiger partial charge in [0.2, 0.25) is 5.91 Å². The van der Waals surface area contributed by atoms with E-state index < -0.39 is 18.1 Å². The number of fused-ring (bicyclic) bond motifs is 3. The number of carbonyl (C=O) groups excluding carboxylic acids is 2. The van der Waals surface area contributed by atoms with Crippen molar-refractivity contribution in [2.75, 3.05) is 20.2 Å². The molecule has 0 unspecified atom stereocenters. The Bertz CT molecular complexity index is 926. The number of hydrogen-bond donors (Lipinski definition) is 2. The molecule has 0 bridgehead atoms. The summed E-state index contributed by atoms with van der Waals surface area (Å²) in [6.45, 7) is 3.87. The fourth-order valence-corrected chi connectivity index (χ4v) is 3.89. The van der Waals surface area contributed by atoms with E-state index in [-0.39, 0.29) is 37.3 Å². The molecule has 2 amide bonds. The van der Waals surface area contributed by atoms with Crippen LogP contribution in [0.3, 0.4) is 0 Å². The topological polar surface area (TPSA) is 95.9 Å². The lowest BCUT2D eigenvalue weighted by Crippen LogP contribution is -2.50. The summed E-state index contributed by atoms with van der Waals surface area (Å²) < 4.78 is 5.53. The quantitative estimate of drug-likeness (QED) is 0.676. The maximum Gasteiger partial charge on any atom is 0.407 e. The molecule has 0 aromatic heterocycles. The Balaban J connectivity index is 1.65. The lowest BCUT2D eigenvalue weighted by atomic mass is 9.98. The van der Waals surface area contributed by atoms with Gasteiger partial charge in [0.05, 0.1) is 6.42 Å². The highest BCUT2D eigenvalue weighted by molar-refractivity contribution is 5.86. The van der Waals surface area contributed by atoms with Crippen molar-refractivity contribution < 1.29 is 24.2 Å². The zero-order valence-corrected chi connectivity index (χ0v) is 18.0. The van der Waals surface area contributed by atoms with E-state index in [0.29, 0.717) is 0 Å². The Kier molecular flexibility index (Phi) is 6.95. The zero-order valence-electron chi connectivity index (χ0n) is 18.0. The maximum absolute atomic E-state index is 12.7. The molecular formula is C24H28N2O5. The molecule has 164 valence electrons. The van der Waals surface area contributed by atoms with E-state index in [0.717, 1.165) is 22.3 Å². The van der Waals surface area contributed by atoms with Gasteiger partial charge in [-0.2, -0.15) is 0 Å². The van der Waals surface area contributed by atoms with Crippen molar-refractivity contribution in [1.82, 2.24) is 10.2 Å². The highest BCUT2D eigenvalue weighted by atomic mass is 16.5. The third kappa shape index (κ3) is 5.05. The SMILES string of the molecule is CC(C)[C@@H](NC(=O)OCC1c2ccccc2-c2ccccc21)C(=O)N(C)CCC(=O)O. The third-order valence-electron chi connectivity index (χ3n) is 5.59. The molecule has 2 N–H and O–H groups in total. The summed E-state index contributed by atoms with van der Waals surface area (Å²) in [6.07, 6.45) is -0.821. The normalized spacial score (nSPS) is 13.3. The molecule has 0 fully saturated rings. The number of amides is 2. The molecule has 7 nitrogen and oxygen atoms in total. The summed E-state index contributed by atoms with van der Waals surface area (Å²) in [5.41, 5.74) is 4.51. The van der Waals surface area contributed by atoms with E-state index in [1.807, 2.05) is 50.2 Å². The summed E-state index contributed by atoms with van der Waals surface area (Å²) in [5, 5.41) is 11.5. The fraction of sp³-hybridized carbons (Fsp3) is 0.375. The number of hydrogen-bond acceptors (Lipinski definition) is 4. The first-order chi connectivity index (χ1) is 14.8. The molecule has 1 aliphatic rings. The van der Waals surface area contributed by atoms with E-state index >= 15 is 0 Å². The van der Waals surface area contributed by atoms with Gasteiger partial charge in [-0.25, -0.2) is 4.79 Å². The summed E-state index contributed by atoms with van der Waals surface area (Å²) >= 11 is 0. The molecular weight excluding hydrogens is 396 g/mol. The number of benzene rings is 2. The first-order valence-corrected chi connectivity index (χ1v) is 10.4. The second-order valence-corrected chi connectivity index (χ2v) is 8.10. The van der Waals surface area contributed by atoms with Crippen LogP contribution in [0.1, 0.15) is 37.3 Å². The molecule has 2 aromatic carbocycles. The van der Waals surface area contributed by atoms with Gasteiger partial charge in [-0.05, 0) is 28.2 Å². The van der Waals surface area contributed by atoms with Crippen LogP contribution in [-0.4, -0.2) is 54.2 Å². The van der Waals surface area contributed by atoms with Crippen molar-refractivity contribution >= 4 is 18.0 Å². The Morgan fingerprint density at radius 1 is 1.03 bits per heavy atom. The fourth-order valence-electron chi connectivity index (χ4n) is 3.89. The molecule has 0 aliphatic heterocycles. The first-order valence-electron chi connectivity index (χ1n) is 10.4. The Labute approximate surface area is 182 Å². The Morgan fingerprint density at radius 2 is 1.58 bits per heavy atom. The van der Waals surface area contributed by atoms with E-state index in [4.69, 9.17) is 9.84 Å². The Morgan fingerprint density at radius 3 is 2.10 bits per heavy atom. The van der Waals surface area contributed by atoms with Gasteiger partial charge in [0, 0.05) is 19.5 Å². The van der Waals surface area contributed by atoms with E-state index in [2.05, 4.69) is 17.4 Å². The van der Waals surface area contributed by atoms with Crippen molar-refractivity contribution in [2.24, 2.45) is 5.92 Å². The van der Waals surface area contributed by atoms with Crippen molar-refractivity contribution in [2.45, 2.75) is 32.2 Å². The minimum Gasteiger partial charge on any atom is -0.481 e. The van der Waals surface area contributed by atoms with Crippen molar-refractivity contribution in [3.8, 4) is 11.1 Å². The minimum atomic E-state index is -0.981. The van der Waals surface area contributed by atoms with Gasteiger partial charge in [0.15, 0.2) is 0 Å². The van der Waals surface area contributed by atoms with E-state index in [1.54, 1.807) is 0 Å². The van der Waals surface area contributed by atoms with Crippen LogP contribution in [0.5, 0.6) is 0 Å². The maximum atomic E-state index is 12.7. The summed E-state index contributed by atoms with van der Waals surface area (Å²) in [7, 11) is 1.53. The molecule has 0 saturated heterocycles. The van der Waals surface area contributed by atoms with Gasteiger partial charge in [-0.3, -0.25) is 9.59 Å². The standard InChI is InChI=1S/C24H28N2O5/c1-15(2)22(23(29)26(3)13-12-21(27)28)25-24(30)31-14-20-18-10-6-4-8-16(18)17-9-5-7-11-19(17)20/h4-11,15,20,22H,12-14H2,1-3H3,(H,25,30)(H,27,28)/t22-/m1/s1. The van der Waals surface area contributed by atoms with Crippen LogP contribution < -0.4 is 5.32 Å². The largest absolute Gasteiger partial charge is 0.481 e. The summed E-state index contributed by atoms with van der Waals surface area (Å²) in [6, 6.07) is 15.3. The van der Waals surface area contributed by atoms with Crippen LogP contribution in [0.4, 0.5) is 4.79 Å². The highest BCUT2D eigenvalue weighted by Crippen LogP contribution is 2.44. The number of rotatable bonds is 8. The smallest absolute Gasteiger partial charge is 0.407 e. The number of ether oxygens (including phenoxy) is 1. The molecule has 1 atom stereocenters. The van der Waals surface area contributed by atoms with Gasteiger partial charge in [0.1, 0.15) is 12.6 Å². The monoisotopic (exact) mass is 424 g/mol. The first kappa shape index (κ1) is 22.3. The summed E-state index contributed by atoms with van der Waals surface area (Å²) in [4.78, 5) is 37.3. The predicted molar refractivity (Wildman–Crippen MR) is 117 cm³/mol. The average Bonchev–Trinajstić information content (AvgIpc) is 3.07. The van der Waals surface area contributed by atoms with Gasteiger partial charge >= 0.3 is 12.1 Å². The van der Waals surface area contributed by atoms with Crippen LogP contribution in [0, 0.1) is 5.92 Å². The van der Waals surface area contributed by atoms with Gasteiger partial charge in [-0.15, -0.1) is 0 Å². The number of carboxylic acids is 1. The van der Waals surface area contributed by atoms with E-state index in [1.165, 1.54) is 11.9 Å². The highest BCUT2D eigenvalue weighted by Gasteiger charge is 2.31. The zero-order chi connectivity index (χ0) is 22.5. The second kappa shape index (κ2) is 9.64. The van der Waals surface area contributed by atoms with Crippen LogP contribution in [-0.2, 0) is 14.3 Å². The molecule has 3 rings (SSSR count). The molecule has 7 heteroatoms. The van der Waals surface area contributed by atoms with Crippen LogP contribution in [0.25, 0.3) is 11.1 Å². The molecule has 0 spiro atoms. The summed E-state index contributed by atoms with van der Waals surface area (Å²) in [5.74, 6) is -1.57. The molecule has 2 aromatic rings. The minimum absolute atomic E-state index is 0.0652. The van der Waals surface area contributed by atoms with Crippen molar-refractivity contribution in [1.29, 1.82) is 0 Å². The molecule has 31 heavy (non-hydrogen) atoms. The molecule has 0 heterocycles. The number of nitrogens with zero attached hydrogens (tertiary/aromatic N) is 1. The number of carbonyl (C=O) groups is 3. The number of carboxylic acid groups (broad SMARTS) is 1. The van der Waals surface area contributed by atoms with Crippen LogP contribution in [0.15, 0.2) is 48.5 Å². The van der Waals surface area contributed by atoms with Gasteiger partial charge in [0.25, 0.3) is 0 Å².